The molecule has 19 heteroatoms. The Hall–Kier alpha value is -1.94. The Labute approximate surface area is 600 Å². The largest absolute Gasteiger partial charge is 0.472 e. The zero-order valence-corrected chi connectivity index (χ0v) is 65.9. The minimum atomic E-state index is -4.96. The number of unbranched alkanes of at least 4 members (excludes halogenated alkanes) is 48. The number of hydrogen-bond donors (Lipinski definition) is 3. The summed E-state index contributed by atoms with van der Waals surface area (Å²) in [5.74, 6) is -0.672. The molecule has 0 saturated heterocycles. The first-order valence-corrected chi connectivity index (χ1v) is 44.0. The van der Waals surface area contributed by atoms with Crippen molar-refractivity contribution in [1.29, 1.82) is 0 Å². The lowest BCUT2D eigenvalue weighted by Gasteiger charge is -2.21. The van der Waals surface area contributed by atoms with E-state index in [1.54, 1.807) is 0 Å². The van der Waals surface area contributed by atoms with Gasteiger partial charge in [-0.1, -0.05) is 363 Å². The number of hydrogen-bond acceptors (Lipinski definition) is 15. The maximum absolute atomic E-state index is 13.1. The van der Waals surface area contributed by atoms with Crippen LogP contribution in [-0.2, 0) is 65.4 Å². The highest BCUT2D eigenvalue weighted by molar-refractivity contribution is 7.47. The van der Waals surface area contributed by atoms with E-state index in [4.69, 9.17) is 37.0 Å². The van der Waals surface area contributed by atoms with Crippen molar-refractivity contribution in [3.05, 3.63) is 0 Å². The summed E-state index contributed by atoms with van der Waals surface area (Å²) >= 11 is 0. The highest BCUT2D eigenvalue weighted by Crippen LogP contribution is 2.45. The Kier molecular flexibility index (Phi) is 69.3. The van der Waals surface area contributed by atoms with Gasteiger partial charge in [0, 0.05) is 25.7 Å². The summed E-state index contributed by atoms with van der Waals surface area (Å²) < 4.78 is 68.6. The average Bonchev–Trinajstić information content (AvgIpc) is 1.36. The molecule has 5 atom stereocenters. The van der Waals surface area contributed by atoms with Gasteiger partial charge in [-0.2, -0.15) is 0 Å². The summed E-state index contributed by atoms with van der Waals surface area (Å²) in [4.78, 5) is 72.9. The van der Waals surface area contributed by atoms with E-state index < -0.39 is 97.5 Å². The number of aliphatic hydroxyl groups is 1. The van der Waals surface area contributed by atoms with Crippen LogP contribution in [-0.4, -0.2) is 96.7 Å². The maximum atomic E-state index is 13.1. The van der Waals surface area contributed by atoms with Crippen molar-refractivity contribution in [2.75, 3.05) is 39.6 Å². The normalized spacial score (nSPS) is 13.9. The molecule has 0 bridgehead atoms. The number of esters is 4. The van der Waals surface area contributed by atoms with Gasteiger partial charge >= 0.3 is 39.5 Å². The van der Waals surface area contributed by atoms with Crippen molar-refractivity contribution in [3.8, 4) is 0 Å². The zero-order valence-electron chi connectivity index (χ0n) is 64.1. The number of phosphoric ester groups is 2. The fourth-order valence-corrected chi connectivity index (χ4v) is 13.8. The maximum Gasteiger partial charge on any atom is 0.472 e. The molecule has 0 saturated carbocycles. The van der Waals surface area contributed by atoms with Gasteiger partial charge in [-0.05, 0) is 37.5 Å². The van der Waals surface area contributed by atoms with Crippen LogP contribution in [0.2, 0.25) is 0 Å². The molecule has 0 aliphatic heterocycles. The summed E-state index contributed by atoms with van der Waals surface area (Å²) in [5, 5.41) is 10.6. The van der Waals surface area contributed by atoms with Crippen molar-refractivity contribution < 1.29 is 80.2 Å². The molecule has 2 unspecified atom stereocenters. The predicted octanol–water partition coefficient (Wildman–Crippen LogP) is 23.5. The molecular weight excluding hydrogens is 1280 g/mol. The third kappa shape index (κ3) is 72.4. The fourth-order valence-electron chi connectivity index (χ4n) is 12.2. The van der Waals surface area contributed by atoms with Gasteiger partial charge in [0.15, 0.2) is 12.2 Å². The van der Waals surface area contributed by atoms with Gasteiger partial charge in [0.1, 0.15) is 19.3 Å². The van der Waals surface area contributed by atoms with Crippen molar-refractivity contribution in [2.24, 2.45) is 11.8 Å². The summed E-state index contributed by atoms with van der Waals surface area (Å²) in [6.45, 7) is 9.54. The number of aliphatic hydroxyl groups excluding tert-OH is 1. The molecule has 0 fully saturated rings. The Balaban J connectivity index is 5.23. The van der Waals surface area contributed by atoms with Crippen molar-refractivity contribution in [3.63, 3.8) is 0 Å². The summed E-state index contributed by atoms with van der Waals surface area (Å²) in [6, 6.07) is 0. The van der Waals surface area contributed by atoms with Gasteiger partial charge in [-0.25, -0.2) is 9.13 Å². The first-order chi connectivity index (χ1) is 47.4. The van der Waals surface area contributed by atoms with E-state index in [1.807, 2.05) is 0 Å². The Morgan fingerprint density at radius 2 is 0.469 bits per heavy atom. The Morgan fingerprint density at radius 3 is 0.694 bits per heavy atom. The number of carbonyl (C=O) groups excluding carboxylic acids is 4. The van der Waals surface area contributed by atoms with Gasteiger partial charge in [0.05, 0.1) is 26.4 Å². The Bertz CT molecular complexity index is 1890. The molecule has 0 aliphatic rings. The van der Waals surface area contributed by atoms with Crippen LogP contribution >= 0.6 is 15.6 Å². The average molecular weight is 1440 g/mol. The van der Waals surface area contributed by atoms with E-state index in [9.17, 15) is 43.2 Å². The van der Waals surface area contributed by atoms with Crippen LogP contribution in [0.15, 0.2) is 0 Å². The zero-order chi connectivity index (χ0) is 72.1. The van der Waals surface area contributed by atoms with E-state index in [0.717, 1.165) is 102 Å². The molecule has 0 aromatic heterocycles. The standard InChI is InChI=1S/C79H154O17P2/c1-7-9-11-13-15-17-19-21-23-25-26-28-30-32-34-38-44-51-57-63-78(83)95-74(67-89-76(81)61-55-49-43-37-33-31-29-27-24-22-20-18-16-14-12-10-8-2)69-93-97(85,86)91-65-73(80)66-92-98(87,88)94-70-75(68-90-77(82)62-56-50-46-40-42-48-54-60-72(5)6)96-79(84)64-58-52-45-39-35-36-41-47-53-59-71(3)4/h71-75,80H,7-70H2,1-6H3,(H,85,86)(H,87,88)/t73-,74-,75-/m1/s1. The minimum Gasteiger partial charge on any atom is -0.462 e. The highest BCUT2D eigenvalue weighted by atomic mass is 31.2. The number of ether oxygens (including phenoxy) is 4. The van der Waals surface area contributed by atoms with Crippen LogP contribution in [0.25, 0.3) is 0 Å². The van der Waals surface area contributed by atoms with Crippen LogP contribution in [0.3, 0.4) is 0 Å². The predicted molar refractivity (Wildman–Crippen MR) is 400 cm³/mol. The molecule has 0 heterocycles. The van der Waals surface area contributed by atoms with Crippen molar-refractivity contribution in [2.45, 2.75) is 432 Å². The number of carbonyl (C=O) groups is 4. The molecule has 98 heavy (non-hydrogen) atoms. The summed E-state index contributed by atoms with van der Waals surface area (Å²) in [6.07, 6.45) is 59.8. The molecule has 3 N–H and O–H groups in total. The molecule has 582 valence electrons. The monoisotopic (exact) mass is 1440 g/mol. The topological polar surface area (TPSA) is 237 Å². The third-order valence-electron chi connectivity index (χ3n) is 18.5. The van der Waals surface area contributed by atoms with E-state index in [-0.39, 0.29) is 25.7 Å². The molecule has 0 aliphatic carbocycles. The second kappa shape index (κ2) is 70.7. The third-order valence-corrected chi connectivity index (χ3v) is 20.4. The SMILES string of the molecule is CCCCCCCCCCCCCCCCCCCCCC(=O)O[C@H](COC(=O)CCCCCCCCCCCCCCCCCCC)COP(=O)(O)OC[C@@H](O)COP(=O)(O)OC[C@@H](COC(=O)CCCCCCCCCC(C)C)OC(=O)CCCCCCCCCCCC(C)C. The van der Waals surface area contributed by atoms with Gasteiger partial charge in [-0.15, -0.1) is 0 Å². The molecule has 17 nitrogen and oxygen atoms in total. The molecular formula is C79H154O17P2. The first kappa shape index (κ1) is 96.1. The van der Waals surface area contributed by atoms with Crippen LogP contribution in [0.4, 0.5) is 0 Å². The smallest absolute Gasteiger partial charge is 0.462 e. The molecule has 0 radical (unpaired) electrons. The van der Waals surface area contributed by atoms with E-state index >= 15 is 0 Å². The first-order valence-electron chi connectivity index (χ1n) is 41.0. The highest BCUT2D eigenvalue weighted by Gasteiger charge is 2.30. The van der Waals surface area contributed by atoms with E-state index in [2.05, 4.69) is 41.5 Å². The van der Waals surface area contributed by atoms with Crippen molar-refractivity contribution >= 4 is 39.5 Å². The summed E-state index contributed by atoms with van der Waals surface area (Å²) in [5.41, 5.74) is 0. The lowest BCUT2D eigenvalue weighted by atomic mass is 10.0. The number of rotatable bonds is 78. The van der Waals surface area contributed by atoms with Crippen LogP contribution in [0.1, 0.15) is 414 Å². The van der Waals surface area contributed by atoms with Crippen LogP contribution in [0.5, 0.6) is 0 Å². The quantitative estimate of drug-likeness (QED) is 0.0222. The minimum absolute atomic E-state index is 0.105. The second-order valence-electron chi connectivity index (χ2n) is 29.4. The molecule has 0 rings (SSSR count). The lowest BCUT2D eigenvalue weighted by Crippen LogP contribution is -2.30. The van der Waals surface area contributed by atoms with Gasteiger partial charge in [-0.3, -0.25) is 37.3 Å². The molecule has 0 spiro atoms. The molecule has 0 amide bonds. The van der Waals surface area contributed by atoms with Crippen molar-refractivity contribution in [1.82, 2.24) is 0 Å². The van der Waals surface area contributed by atoms with Gasteiger partial charge in [0.2, 0.25) is 0 Å². The Morgan fingerprint density at radius 1 is 0.276 bits per heavy atom. The second-order valence-corrected chi connectivity index (χ2v) is 32.3. The lowest BCUT2D eigenvalue weighted by molar-refractivity contribution is -0.161. The van der Waals surface area contributed by atoms with E-state index in [0.29, 0.717) is 31.6 Å². The number of phosphoric acid groups is 2. The fraction of sp³-hybridized carbons (Fsp3) is 0.949. The molecule has 0 aromatic rings. The van der Waals surface area contributed by atoms with Crippen LogP contribution < -0.4 is 0 Å². The van der Waals surface area contributed by atoms with E-state index in [1.165, 1.54) is 225 Å². The van der Waals surface area contributed by atoms with Gasteiger partial charge in [0.25, 0.3) is 0 Å². The molecule has 0 aromatic carbocycles. The summed E-state index contributed by atoms with van der Waals surface area (Å²) in [7, 11) is -9.92. The van der Waals surface area contributed by atoms with Crippen LogP contribution in [0, 0.1) is 11.8 Å². The van der Waals surface area contributed by atoms with Gasteiger partial charge < -0.3 is 33.8 Å².